The highest BCUT2D eigenvalue weighted by molar-refractivity contribution is 7.90. The van der Waals surface area contributed by atoms with Crippen LogP contribution in [0, 0.1) is 11.8 Å². The minimum Gasteiger partial charge on any atom is -0.455 e. The molecular formula is C39H62N6O7S2. The third-order valence-corrected chi connectivity index (χ3v) is 12.5. The van der Waals surface area contributed by atoms with E-state index in [1.807, 2.05) is 39.6 Å². The van der Waals surface area contributed by atoms with Crippen molar-refractivity contribution in [3.63, 3.8) is 0 Å². The lowest BCUT2D eigenvalue weighted by molar-refractivity contribution is -0.149. The number of amides is 3. The highest BCUT2D eigenvalue weighted by Gasteiger charge is 2.38. The van der Waals surface area contributed by atoms with Crippen LogP contribution >= 0.6 is 11.3 Å². The lowest BCUT2D eigenvalue weighted by atomic mass is 9.91. The van der Waals surface area contributed by atoms with E-state index in [9.17, 15) is 27.6 Å². The maximum atomic E-state index is 14.8. The van der Waals surface area contributed by atoms with Gasteiger partial charge in [0, 0.05) is 37.9 Å². The zero-order chi connectivity index (χ0) is 40.0. The second kappa shape index (κ2) is 21.6. The van der Waals surface area contributed by atoms with Crippen molar-refractivity contribution in [1.29, 1.82) is 0 Å². The molecule has 13 nitrogen and oxygen atoms in total. The van der Waals surface area contributed by atoms with Gasteiger partial charge in [0.15, 0.2) is 6.10 Å². The Labute approximate surface area is 326 Å². The fourth-order valence-corrected chi connectivity index (χ4v) is 8.61. The van der Waals surface area contributed by atoms with E-state index in [0.717, 1.165) is 68.4 Å². The van der Waals surface area contributed by atoms with Gasteiger partial charge < -0.3 is 20.3 Å². The molecule has 2 heterocycles. The number of carbonyl (C=O) groups excluding carboxylic acids is 4. The first-order chi connectivity index (χ1) is 25.6. The predicted molar refractivity (Wildman–Crippen MR) is 211 cm³/mol. The predicted octanol–water partition coefficient (Wildman–Crippen LogP) is 5.42. The highest BCUT2D eigenvalue weighted by atomic mass is 32.2. The van der Waals surface area contributed by atoms with Crippen LogP contribution in [-0.4, -0.2) is 92.2 Å². The molecule has 3 N–H and O–H groups in total. The van der Waals surface area contributed by atoms with Crippen molar-refractivity contribution in [2.45, 2.75) is 135 Å². The number of hydrogen-bond acceptors (Lipinski definition) is 11. The molecule has 0 unspecified atom stereocenters. The second-order valence-electron chi connectivity index (χ2n) is 14.8. The lowest BCUT2D eigenvalue weighted by Gasteiger charge is -2.40. The molecule has 5 atom stereocenters. The number of hydrogen-bond donors (Lipinski definition) is 3. The molecule has 0 radical (unpaired) electrons. The Hall–Kier alpha value is -3.40. The maximum Gasteiger partial charge on any atom is 0.303 e. The van der Waals surface area contributed by atoms with E-state index >= 15 is 0 Å². The van der Waals surface area contributed by atoms with Crippen LogP contribution in [0.1, 0.15) is 126 Å². The summed E-state index contributed by atoms with van der Waals surface area (Å²) in [5, 5.41) is 7.89. The van der Waals surface area contributed by atoms with Gasteiger partial charge in [-0.3, -0.25) is 24.1 Å². The van der Waals surface area contributed by atoms with Crippen molar-refractivity contribution >= 4 is 45.1 Å². The fraction of sp³-hybridized carbons (Fsp3) is 0.667. The summed E-state index contributed by atoms with van der Waals surface area (Å²) >= 11 is 1.08. The number of rotatable bonds is 21. The van der Waals surface area contributed by atoms with Gasteiger partial charge in [-0.1, -0.05) is 78.9 Å². The van der Waals surface area contributed by atoms with Gasteiger partial charge in [0.1, 0.15) is 16.7 Å². The number of aromatic nitrogens is 1. The second-order valence-corrected chi connectivity index (χ2v) is 17.4. The number of nitrogens with zero attached hydrogens (tertiary/aromatic N) is 3. The molecule has 1 aromatic carbocycles. The summed E-state index contributed by atoms with van der Waals surface area (Å²) in [6.07, 6.45) is 6.44. The first-order valence-corrected chi connectivity index (χ1v) is 21.7. The number of nitrogens with one attached hydrogen (secondary N) is 3. The topological polar surface area (TPSA) is 167 Å². The first-order valence-electron chi connectivity index (χ1n) is 19.4. The van der Waals surface area contributed by atoms with Crippen molar-refractivity contribution in [1.82, 2.24) is 30.1 Å². The minimum absolute atomic E-state index is 0.0648. The molecule has 3 rings (SSSR count). The molecule has 302 valence electrons. The quantitative estimate of drug-likeness (QED) is 0.110. The smallest absolute Gasteiger partial charge is 0.303 e. The van der Waals surface area contributed by atoms with Gasteiger partial charge in [-0.05, 0) is 69.4 Å². The van der Waals surface area contributed by atoms with E-state index in [2.05, 4.69) is 32.2 Å². The van der Waals surface area contributed by atoms with Crippen LogP contribution in [-0.2, 0) is 35.7 Å². The van der Waals surface area contributed by atoms with Crippen molar-refractivity contribution in [2.75, 3.05) is 27.2 Å². The number of esters is 1. The number of likely N-dealkylation sites (tertiary alicyclic amines) is 1. The third-order valence-electron chi connectivity index (χ3n) is 10.2. The van der Waals surface area contributed by atoms with Gasteiger partial charge >= 0.3 is 5.97 Å². The van der Waals surface area contributed by atoms with Crippen molar-refractivity contribution in [2.24, 2.45) is 11.8 Å². The zero-order valence-electron chi connectivity index (χ0n) is 33.4. The van der Waals surface area contributed by atoms with Gasteiger partial charge in [0.25, 0.3) is 15.9 Å². The van der Waals surface area contributed by atoms with Crippen molar-refractivity contribution in [3.8, 4) is 0 Å². The molecule has 15 heteroatoms. The standard InChI is InChI=1S/C39H62N6O7S2/c1-9-11-12-14-22-45(39(49)35(27(5)10-2)42-37(48)32-16-13-15-21-44(32)8)33(26(3)4)23-34(52-28(6)46)38-41-31(25-53-38)36(47)43-54(50,51)30-19-17-29(18-20-30)24-40-7/h17-20,25-27,32-35,40H,9-16,21-24H2,1-8H3,(H,42,48)(H,43,47)/t27-,32+,33+,34+,35-/m0/s1. The van der Waals surface area contributed by atoms with E-state index in [0.29, 0.717) is 24.5 Å². The van der Waals surface area contributed by atoms with Crippen LogP contribution in [0.2, 0.25) is 0 Å². The summed E-state index contributed by atoms with van der Waals surface area (Å²) < 4.78 is 34.0. The molecular weight excluding hydrogens is 729 g/mol. The van der Waals surface area contributed by atoms with Crippen LogP contribution in [0.4, 0.5) is 0 Å². The number of unbranched alkanes of at least 4 members (excludes halogenated alkanes) is 3. The summed E-state index contributed by atoms with van der Waals surface area (Å²) in [5.74, 6) is -1.99. The van der Waals surface area contributed by atoms with E-state index in [4.69, 9.17) is 4.74 Å². The van der Waals surface area contributed by atoms with Crippen molar-refractivity contribution < 1.29 is 32.3 Å². The minimum atomic E-state index is -4.19. The summed E-state index contributed by atoms with van der Waals surface area (Å²) in [6, 6.07) is 4.73. The van der Waals surface area contributed by atoms with Gasteiger partial charge in [0.05, 0.1) is 10.9 Å². The van der Waals surface area contributed by atoms with Gasteiger partial charge in [0.2, 0.25) is 11.8 Å². The number of thiazole rings is 1. The number of benzene rings is 1. The molecule has 1 aliphatic heterocycles. The Morgan fingerprint density at radius 1 is 1.06 bits per heavy atom. The largest absolute Gasteiger partial charge is 0.455 e. The fourth-order valence-electron chi connectivity index (χ4n) is 6.81. The molecule has 0 saturated carbocycles. The van der Waals surface area contributed by atoms with Crippen LogP contribution in [0.25, 0.3) is 0 Å². The maximum absolute atomic E-state index is 14.8. The number of likely N-dealkylation sites (N-methyl/N-ethyl adjacent to an activating group) is 1. The normalized spacial score (nSPS) is 17.3. The average Bonchev–Trinajstić information content (AvgIpc) is 3.63. The summed E-state index contributed by atoms with van der Waals surface area (Å²) in [6.45, 7) is 13.3. The Morgan fingerprint density at radius 3 is 2.35 bits per heavy atom. The first kappa shape index (κ1) is 45.0. The number of piperidine rings is 1. The van der Waals surface area contributed by atoms with E-state index < -0.39 is 40.1 Å². The molecule has 0 aliphatic carbocycles. The molecule has 0 bridgehead atoms. The Bertz CT molecular complexity index is 1630. The molecule has 1 aliphatic rings. The van der Waals surface area contributed by atoms with E-state index in [1.165, 1.54) is 24.4 Å². The van der Waals surface area contributed by atoms with Crippen LogP contribution < -0.4 is 15.4 Å². The molecule has 54 heavy (non-hydrogen) atoms. The van der Waals surface area contributed by atoms with Gasteiger partial charge in [-0.15, -0.1) is 11.3 Å². The molecule has 1 aromatic heterocycles. The number of ether oxygens (including phenoxy) is 1. The Balaban J connectivity index is 1.91. The van der Waals surface area contributed by atoms with Gasteiger partial charge in [-0.25, -0.2) is 18.1 Å². The molecule has 1 saturated heterocycles. The summed E-state index contributed by atoms with van der Waals surface area (Å²) in [4.78, 5) is 62.4. The molecule has 3 amide bonds. The van der Waals surface area contributed by atoms with Crippen LogP contribution in [0.15, 0.2) is 34.5 Å². The summed E-state index contributed by atoms with van der Waals surface area (Å²) in [7, 11) is -0.453. The van der Waals surface area contributed by atoms with Crippen LogP contribution in [0.3, 0.4) is 0 Å². The number of carbonyl (C=O) groups is 4. The van der Waals surface area contributed by atoms with E-state index in [1.54, 1.807) is 19.2 Å². The number of sulfonamides is 1. The van der Waals surface area contributed by atoms with E-state index in [-0.39, 0.29) is 46.7 Å². The third kappa shape index (κ3) is 12.8. The molecule has 0 spiro atoms. The monoisotopic (exact) mass is 790 g/mol. The molecule has 1 fully saturated rings. The van der Waals surface area contributed by atoms with Crippen LogP contribution in [0.5, 0.6) is 0 Å². The average molecular weight is 791 g/mol. The van der Waals surface area contributed by atoms with Crippen molar-refractivity contribution in [3.05, 3.63) is 45.9 Å². The molecule has 2 aromatic rings. The zero-order valence-corrected chi connectivity index (χ0v) is 35.0. The summed E-state index contributed by atoms with van der Waals surface area (Å²) in [5.41, 5.74) is 0.750. The van der Waals surface area contributed by atoms with Gasteiger partial charge in [-0.2, -0.15) is 0 Å². The lowest BCUT2D eigenvalue weighted by Crippen LogP contribution is -2.59. The Kier molecular flexibility index (Phi) is 18.0. The SMILES string of the molecule is CCCCCCN(C(=O)[C@@H](NC(=O)[C@H]1CCCCN1C)[C@@H](C)CC)[C@H](C[C@@H](OC(C)=O)c1nc(C(=O)NS(=O)(=O)c2ccc(CNC)cc2)cs1)C(C)C. The highest BCUT2D eigenvalue weighted by Crippen LogP contribution is 2.32. The Morgan fingerprint density at radius 2 is 1.76 bits per heavy atom.